The maximum absolute atomic E-state index is 13.2. The quantitative estimate of drug-likeness (QED) is 0.603. The van der Waals surface area contributed by atoms with E-state index in [2.05, 4.69) is 15.7 Å². The first kappa shape index (κ1) is 22.4. The molecule has 4 rings (SSSR count). The van der Waals surface area contributed by atoms with Gasteiger partial charge in [-0.15, -0.1) is 0 Å². The van der Waals surface area contributed by atoms with Crippen LogP contribution < -0.4 is 20.1 Å². The second-order valence-electron chi connectivity index (χ2n) is 8.10. The largest absolute Gasteiger partial charge is 0.493 e. The van der Waals surface area contributed by atoms with E-state index in [1.807, 2.05) is 51.1 Å². The Morgan fingerprint density at radius 1 is 1.15 bits per heavy atom. The van der Waals surface area contributed by atoms with Crippen molar-refractivity contribution in [1.29, 1.82) is 0 Å². The molecule has 0 fully saturated rings. The molecule has 33 heavy (non-hydrogen) atoms. The number of hydrogen-bond donors (Lipinski definition) is 2. The van der Waals surface area contributed by atoms with Gasteiger partial charge in [0, 0.05) is 24.1 Å². The monoisotopic (exact) mass is 448 g/mol. The summed E-state index contributed by atoms with van der Waals surface area (Å²) >= 11 is 0. The zero-order chi connectivity index (χ0) is 23.7. The van der Waals surface area contributed by atoms with Gasteiger partial charge in [0.1, 0.15) is 11.9 Å². The van der Waals surface area contributed by atoms with Gasteiger partial charge >= 0.3 is 0 Å². The molecule has 2 atom stereocenters. The molecule has 1 aromatic heterocycles. The molecule has 0 saturated heterocycles. The smallest absolute Gasteiger partial charge is 0.251 e. The summed E-state index contributed by atoms with van der Waals surface area (Å²) in [6, 6.07) is 12.0. The average molecular weight is 449 g/mol. The zero-order valence-corrected chi connectivity index (χ0v) is 19.4. The van der Waals surface area contributed by atoms with Gasteiger partial charge < -0.3 is 20.1 Å². The van der Waals surface area contributed by atoms with Crippen molar-refractivity contribution in [1.82, 2.24) is 15.1 Å². The molecule has 0 unspecified atom stereocenters. The predicted molar refractivity (Wildman–Crippen MR) is 125 cm³/mol. The SMILES string of the molecule is CCOc1ccc([C@@H]2c3c(C)nn(C)c3NC(=O)[C@H]2NC(=O)c2ccc(C)cc2)cc1OC. The van der Waals surface area contributed by atoms with Gasteiger partial charge in [0.05, 0.1) is 19.4 Å². The molecule has 0 bridgehead atoms. The second-order valence-corrected chi connectivity index (χ2v) is 8.10. The van der Waals surface area contributed by atoms with Gasteiger partial charge in [-0.25, -0.2) is 0 Å². The van der Waals surface area contributed by atoms with Gasteiger partial charge in [-0.3, -0.25) is 14.3 Å². The molecule has 172 valence electrons. The van der Waals surface area contributed by atoms with Crippen LogP contribution in [0.15, 0.2) is 42.5 Å². The summed E-state index contributed by atoms with van der Waals surface area (Å²) < 4.78 is 12.9. The van der Waals surface area contributed by atoms with E-state index in [0.29, 0.717) is 29.5 Å². The maximum Gasteiger partial charge on any atom is 0.251 e. The highest BCUT2D eigenvalue weighted by molar-refractivity contribution is 6.03. The summed E-state index contributed by atoms with van der Waals surface area (Å²) in [5.74, 6) is 0.726. The molecular formula is C25H28N4O4. The molecule has 3 aromatic rings. The number of nitrogens with one attached hydrogen (secondary N) is 2. The Morgan fingerprint density at radius 2 is 1.88 bits per heavy atom. The fraction of sp³-hybridized carbons (Fsp3) is 0.320. The van der Waals surface area contributed by atoms with Crippen molar-refractivity contribution in [2.45, 2.75) is 32.7 Å². The first-order valence-electron chi connectivity index (χ1n) is 10.9. The molecule has 2 heterocycles. The van der Waals surface area contributed by atoms with Crippen LogP contribution in [0.3, 0.4) is 0 Å². The summed E-state index contributed by atoms with van der Waals surface area (Å²) in [6.45, 7) is 6.26. The highest BCUT2D eigenvalue weighted by atomic mass is 16.5. The van der Waals surface area contributed by atoms with Crippen LogP contribution in [-0.4, -0.2) is 41.4 Å². The number of fused-ring (bicyclic) bond motifs is 1. The van der Waals surface area contributed by atoms with E-state index in [4.69, 9.17) is 9.47 Å². The van der Waals surface area contributed by atoms with Crippen molar-refractivity contribution in [2.24, 2.45) is 7.05 Å². The van der Waals surface area contributed by atoms with Gasteiger partial charge in [0.15, 0.2) is 11.5 Å². The Kier molecular flexibility index (Phi) is 6.09. The minimum atomic E-state index is -0.836. The van der Waals surface area contributed by atoms with Crippen LogP contribution in [0.25, 0.3) is 0 Å². The summed E-state index contributed by atoms with van der Waals surface area (Å²) in [6.07, 6.45) is 0. The molecular weight excluding hydrogens is 420 g/mol. The average Bonchev–Trinajstić information content (AvgIpc) is 3.08. The van der Waals surface area contributed by atoms with Crippen molar-refractivity contribution in [2.75, 3.05) is 19.0 Å². The van der Waals surface area contributed by atoms with E-state index >= 15 is 0 Å². The third kappa shape index (κ3) is 4.16. The highest BCUT2D eigenvalue weighted by Gasteiger charge is 2.41. The van der Waals surface area contributed by atoms with Crippen molar-refractivity contribution in [3.8, 4) is 11.5 Å². The van der Waals surface area contributed by atoms with Crippen molar-refractivity contribution in [3.63, 3.8) is 0 Å². The van der Waals surface area contributed by atoms with Crippen LogP contribution >= 0.6 is 0 Å². The van der Waals surface area contributed by atoms with E-state index < -0.39 is 12.0 Å². The van der Waals surface area contributed by atoms with Crippen LogP contribution in [0.2, 0.25) is 0 Å². The highest BCUT2D eigenvalue weighted by Crippen LogP contribution is 2.41. The fourth-order valence-corrected chi connectivity index (χ4v) is 4.30. The van der Waals surface area contributed by atoms with Gasteiger partial charge in [0.25, 0.3) is 5.91 Å². The summed E-state index contributed by atoms with van der Waals surface area (Å²) in [5.41, 5.74) is 4.00. The van der Waals surface area contributed by atoms with Gasteiger partial charge in [-0.1, -0.05) is 23.8 Å². The first-order valence-corrected chi connectivity index (χ1v) is 10.9. The number of aryl methyl sites for hydroxylation is 3. The normalized spacial score (nSPS) is 17.2. The molecule has 2 aromatic carbocycles. The lowest BCUT2D eigenvalue weighted by atomic mass is 9.81. The van der Waals surface area contributed by atoms with Crippen LogP contribution in [0.4, 0.5) is 5.82 Å². The Balaban J connectivity index is 1.79. The third-order valence-corrected chi connectivity index (χ3v) is 5.88. The Labute approximate surface area is 192 Å². The molecule has 2 amide bonds. The lowest BCUT2D eigenvalue weighted by molar-refractivity contribution is -0.118. The molecule has 1 aliphatic rings. The molecule has 0 saturated carbocycles. The van der Waals surface area contributed by atoms with Crippen LogP contribution in [0, 0.1) is 13.8 Å². The summed E-state index contributed by atoms with van der Waals surface area (Å²) in [5, 5.41) is 10.4. The second kappa shape index (κ2) is 8.97. The molecule has 0 radical (unpaired) electrons. The molecule has 2 N–H and O–H groups in total. The number of hydrogen-bond acceptors (Lipinski definition) is 5. The van der Waals surface area contributed by atoms with E-state index in [1.165, 1.54) is 0 Å². The number of amides is 2. The minimum absolute atomic E-state index is 0.302. The molecule has 1 aliphatic heterocycles. The zero-order valence-electron chi connectivity index (χ0n) is 19.4. The molecule has 0 spiro atoms. The fourth-order valence-electron chi connectivity index (χ4n) is 4.30. The number of methoxy groups -OCH3 is 1. The lowest BCUT2D eigenvalue weighted by Crippen LogP contribution is -2.50. The molecule has 8 nitrogen and oxygen atoms in total. The predicted octanol–water partition coefficient (Wildman–Crippen LogP) is 3.33. The van der Waals surface area contributed by atoms with Gasteiger partial charge in [-0.2, -0.15) is 5.10 Å². The first-order chi connectivity index (χ1) is 15.8. The van der Waals surface area contributed by atoms with E-state index in [9.17, 15) is 9.59 Å². The van der Waals surface area contributed by atoms with E-state index in [-0.39, 0.29) is 11.8 Å². The van der Waals surface area contributed by atoms with Gasteiger partial charge in [0.2, 0.25) is 5.91 Å². The van der Waals surface area contributed by atoms with Crippen molar-refractivity contribution >= 4 is 17.6 Å². The molecule has 0 aliphatic carbocycles. The van der Waals surface area contributed by atoms with Crippen LogP contribution in [-0.2, 0) is 11.8 Å². The number of carbonyl (C=O) groups excluding carboxylic acids is 2. The Bertz CT molecular complexity index is 1200. The van der Waals surface area contributed by atoms with E-state index in [0.717, 1.165) is 22.4 Å². The summed E-state index contributed by atoms with van der Waals surface area (Å²) in [7, 11) is 3.36. The number of ether oxygens (including phenoxy) is 2. The maximum atomic E-state index is 13.2. The van der Waals surface area contributed by atoms with Crippen molar-refractivity contribution in [3.05, 3.63) is 70.4 Å². The number of rotatable bonds is 6. The lowest BCUT2D eigenvalue weighted by Gasteiger charge is -2.33. The minimum Gasteiger partial charge on any atom is -0.493 e. The Morgan fingerprint density at radius 3 is 2.55 bits per heavy atom. The third-order valence-electron chi connectivity index (χ3n) is 5.88. The number of benzene rings is 2. The number of nitrogens with zero attached hydrogens (tertiary/aromatic N) is 2. The number of anilines is 1. The number of aromatic nitrogens is 2. The summed E-state index contributed by atoms with van der Waals surface area (Å²) in [4.78, 5) is 26.3. The van der Waals surface area contributed by atoms with Crippen molar-refractivity contribution < 1.29 is 19.1 Å². The topological polar surface area (TPSA) is 94.5 Å². The number of carbonyl (C=O) groups is 2. The molecule has 8 heteroatoms. The van der Waals surface area contributed by atoms with Gasteiger partial charge in [-0.05, 0) is 50.6 Å². The van der Waals surface area contributed by atoms with Crippen LogP contribution in [0.1, 0.15) is 45.6 Å². The Hall–Kier alpha value is -3.81. The van der Waals surface area contributed by atoms with E-state index in [1.54, 1.807) is 31.0 Å². The van der Waals surface area contributed by atoms with Crippen LogP contribution in [0.5, 0.6) is 11.5 Å². The standard InChI is InChI=1S/C25H28N4O4/c1-6-33-18-12-11-17(13-19(18)32-5)21-20-15(3)28-29(4)23(20)27-25(31)22(21)26-24(30)16-9-7-14(2)8-10-16/h7-13,21-22H,6H2,1-5H3,(H,26,30)(H,27,31)/t21-,22+/m1/s1.